The van der Waals surface area contributed by atoms with Gasteiger partial charge in [0.15, 0.2) is 0 Å². The normalized spacial score (nSPS) is 20.5. The maximum absolute atomic E-state index is 9.41. The van der Waals surface area contributed by atoms with E-state index in [-0.39, 0.29) is 12.0 Å². The van der Waals surface area contributed by atoms with Crippen molar-refractivity contribution >= 4 is 5.82 Å². The minimum atomic E-state index is 0.0168. The average molecular weight is 248 g/mol. The molecule has 1 aliphatic rings. The van der Waals surface area contributed by atoms with Crippen LogP contribution in [-0.2, 0) is 12.0 Å². The molecule has 18 heavy (non-hydrogen) atoms. The molecular weight excluding hydrogens is 224 g/mol. The van der Waals surface area contributed by atoms with E-state index in [1.165, 1.54) is 12.8 Å². The number of aromatic nitrogens is 1. The van der Waals surface area contributed by atoms with Gasteiger partial charge in [-0.25, -0.2) is 4.98 Å². The van der Waals surface area contributed by atoms with Crippen molar-refractivity contribution < 1.29 is 5.11 Å². The van der Waals surface area contributed by atoms with E-state index in [4.69, 9.17) is 4.98 Å². The summed E-state index contributed by atoms with van der Waals surface area (Å²) in [5.74, 6) is 1.02. The third kappa shape index (κ3) is 2.66. The second kappa shape index (κ2) is 4.88. The van der Waals surface area contributed by atoms with E-state index < -0.39 is 0 Å². The zero-order valence-electron chi connectivity index (χ0n) is 11.9. The van der Waals surface area contributed by atoms with Crippen LogP contribution in [0.2, 0.25) is 0 Å². The Hall–Kier alpha value is -1.09. The monoisotopic (exact) mass is 248 g/mol. The molecule has 2 heterocycles. The van der Waals surface area contributed by atoms with Crippen LogP contribution in [-0.4, -0.2) is 22.7 Å². The molecule has 1 atom stereocenters. The predicted octanol–water partition coefficient (Wildman–Crippen LogP) is 2.86. The number of nitrogens with zero attached hydrogens (tertiary/aromatic N) is 2. The predicted molar refractivity (Wildman–Crippen MR) is 74.9 cm³/mol. The summed E-state index contributed by atoms with van der Waals surface area (Å²) in [6, 6.07) is 4.60. The summed E-state index contributed by atoms with van der Waals surface area (Å²) in [4.78, 5) is 7.16. The van der Waals surface area contributed by atoms with E-state index in [0.717, 1.165) is 23.6 Å². The number of rotatable bonds is 2. The summed E-state index contributed by atoms with van der Waals surface area (Å²) in [7, 11) is 0. The standard InChI is InChI=1S/C15H24N2O/c1-11-6-5-7-17(11)14-9-12(10-18)8-13(16-14)15(2,3)4/h8-9,11,18H,5-7,10H2,1-4H3. The first-order valence-corrected chi connectivity index (χ1v) is 6.81. The maximum Gasteiger partial charge on any atom is 0.129 e. The van der Waals surface area contributed by atoms with Crippen molar-refractivity contribution in [3.05, 3.63) is 23.4 Å². The molecule has 0 spiro atoms. The van der Waals surface area contributed by atoms with Crippen molar-refractivity contribution in [3.63, 3.8) is 0 Å². The van der Waals surface area contributed by atoms with Crippen molar-refractivity contribution in [3.8, 4) is 0 Å². The highest BCUT2D eigenvalue weighted by Crippen LogP contribution is 2.28. The van der Waals surface area contributed by atoms with Gasteiger partial charge in [-0.15, -0.1) is 0 Å². The first-order valence-electron chi connectivity index (χ1n) is 6.81. The lowest BCUT2D eigenvalue weighted by molar-refractivity contribution is 0.281. The van der Waals surface area contributed by atoms with Crippen LogP contribution >= 0.6 is 0 Å². The van der Waals surface area contributed by atoms with Crippen LogP contribution in [0.1, 0.15) is 51.8 Å². The fourth-order valence-corrected chi connectivity index (χ4v) is 2.47. The number of aliphatic hydroxyl groups excluding tert-OH is 1. The van der Waals surface area contributed by atoms with Gasteiger partial charge in [0.25, 0.3) is 0 Å². The third-order valence-corrected chi connectivity index (χ3v) is 3.67. The first kappa shape index (κ1) is 13.3. The van der Waals surface area contributed by atoms with Gasteiger partial charge in [0, 0.05) is 23.7 Å². The summed E-state index contributed by atoms with van der Waals surface area (Å²) >= 11 is 0. The SMILES string of the molecule is CC1CCCN1c1cc(CO)cc(C(C)(C)C)n1. The minimum absolute atomic E-state index is 0.0168. The molecule has 0 amide bonds. The number of hydrogen-bond donors (Lipinski definition) is 1. The van der Waals surface area contributed by atoms with E-state index in [1.807, 2.05) is 12.1 Å². The topological polar surface area (TPSA) is 36.4 Å². The first-order chi connectivity index (χ1) is 8.41. The van der Waals surface area contributed by atoms with Crippen LogP contribution in [0.5, 0.6) is 0 Å². The van der Waals surface area contributed by atoms with E-state index in [0.29, 0.717) is 6.04 Å². The quantitative estimate of drug-likeness (QED) is 0.874. The molecule has 2 rings (SSSR count). The molecule has 0 saturated carbocycles. The van der Waals surface area contributed by atoms with Gasteiger partial charge in [0.2, 0.25) is 0 Å². The fourth-order valence-electron chi connectivity index (χ4n) is 2.47. The van der Waals surface area contributed by atoms with Crippen molar-refractivity contribution in [1.29, 1.82) is 0 Å². The Morgan fingerprint density at radius 2 is 2.11 bits per heavy atom. The van der Waals surface area contributed by atoms with Gasteiger partial charge in [-0.2, -0.15) is 0 Å². The van der Waals surface area contributed by atoms with Crippen LogP contribution in [0.15, 0.2) is 12.1 Å². The zero-order valence-corrected chi connectivity index (χ0v) is 11.9. The fraction of sp³-hybridized carbons (Fsp3) is 0.667. The molecule has 1 N–H and O–H groups in total. The van der Waals surface area contributed by atoms with Crippen LogP contribution in [0, 0.1) is 0 Å². The van der Waals surface area contributed by atoms with Gasteiger partial charge >= 0.3 is 0 Å². The number of hydrogen-bond acceptors (Lipinski definition) is 3. The zero-order chi connectivity index (χ0) is 13.3. The average Bonchev–Trinajstić information content (AvgIpc) is 2.73. The Labute approximate surface area is 110 Å². The summed E-state index contributed by atoms with van der Waals surface area (Å²) in [5, 5.41) is 9.41. The molecule has 1 aliphatic heterocycles. The molecule has 0 bridgehead atoms. The van der Waals surface area contributed by atoms with Gasteiger partial charge < -0.3 is 10.0 Å². The van der Waals surface area contributed by atoms with Crippen molar-refractivity contribution in [2.45, 2.75) is 58.6 Å². The Bertz CT molecular complexity index is 423. The van der Waals surface area contributed by atoms with E-state index in [2.05, 4.69) is 32.6 Å². The van der Waals surface area contributed by atoms with Gasteiger partial charge in [-0.05, 0) is 37.5 Å². The lowest BCUT2D eigenvalue weighted by Gasteiger charge is -2.26. The molecule has 1 aromatic heterocycles. The van der Waals surface area contributed by atoms with Gasteiger partial charge in [-0.3, -0.25) is 0 Å². The molecule has 0 radical (unpaired) electrons. The lowest BCUT2D eigenvalue weighted by Crippen LogP contribution is -2.28. The van der Waals surface area contributed by atoms with E-state index >= 15 is 0 Å². The van der Waals surface area contributed by atoms with Crippen LogP contribution in [0.25, 0.3) is 0 Å². The van der Waals surface area contributed by atoms with E-state index in [1.54, 1.807) is 0 Å². The maximum atomic E-state index is 9.41. The van der Waals surface area contributed by atoms with Crippen molar-refractivity contribution in [1.82, 2.24) is 4.98 Å². The largest absolute Gasteiger partial charge is 0.392 e. The molecule has 3 heteroatoms. The molecule has 1 unspecified atom stereocenters. The van der Waals surface area contributed by atoms with Gasteiger partial charge in [0.1, 0.15) is 5.82 Å². The summed E-state index contributed by atoms with van der Waals surface area (Å²) < 4.78 is 0. The Morgan fingerprint density at radius 3 is 2.61 bits per heavy atom. The van der Waals surface area contributed by atoms with Crippen molar-refractivity contribution in [2.24, 2.45) is 0 Å². The Kier molecular flexibility index (Phi) is 3.62. The highest BCUT2D eigenvalue weighted by Gasteiger charge is 2.24. The highest BCUT2D eigenvalue weighted by molar-refractivity contribution is 5.45. The third-order valence-electron chi connectivity index (χ3n) is 3.67. The molecule has 1 aromatic rings. The molecule has 1 saturated heterocycles. The highest BCUT2D eigenvalue weighted by atomic mass is 16.3. The van der Waals surface area contributed by atoms with E-state index in [9.17, 15) is 5.11 Å². The van der Waals surface area contributed by atoms with Crippen LogP contribution < -0.4 is 4.90 Å². The molecule has 100 valence electrons. The summed E-state index contributed by atoms with van der Waals surface area (Å²) in [5.41, 5.74) is 2.04. The van der Waals surface area contributed by atoms with Crippen LogP contribution in [0.4, 0.5) is 5.82 Å². The minimum Gasteiger partial charge on any atom is -0.392 e. The lowest BCUT2D eigenvalue weighted by atomic mass is 9.91. The number of aliphatic hydroxyl groups is 1. The summed E-state index contributed by atoms with van der Waals surface area (Å²) in [6.45, 7) is 9.89. The van der Waals surface area contributed by atoms with Crippen LogP contribution in [0.3, 0.4) is 0 Å². The molecule has 1 fully saturated rings. The smallest absolute Gasteiger partial charge is 0.129 e. The molecule has 3 nitrogen and oxygen atoms in total. The Morgan fingerprint density at radius 1 is 1.39 bits per heavy atom. The molecule has 0 aliphatic carbocycles. The molecular formula is C15H24N2O. The Balaban J connectivity index is 2.41. The molecule has 0 aromatic carbocycles. The van der Waals surface area contributed by atoms with Gasteiger partial charge in [0.05, 0.1) is 6.61 Å². The summed E-state index contributed by atoms with van der Waals surface area (Å²) in [6.07, 6.45) is 2.47. The van der Waals surface area contributed by atoms with Gasteiger partial charge in [-0.1, -0.05) is 20.8 Å². The second-order valence-corrected chi connectivity index (χ2v) is 6.31. The second-order valence-electron chi connectivity index (χ2n) is 6.31. The van der Waals surface area contributed by atoms with Crippen molar-refractivity contribution in [2.75, 3.05) is 11.4 Å². The number of pyridine rings is 1. The number of anilines is 1.